The van der Waals surface area contributed by atoms with Crippen molar-refractivity contribution in [2.24, 2.45) is 11.8 Å². The number of methoxy groups -OCH3 is 2. The van der Waals surface area contributed by atoms with E-state index in [1.54, 1.807) is 38.5 Å². The Morgan fingerprint density at radius 1 is 0.903 bits per heavy atom. The molecule has 0 radical (unpaired) electrons. The van der Waals surface area contributed by atoms with E-state index < -0.39 is 17.9 Å². The number of hydrogen-bond acceptors (Lipinski definition) is 6. The molecule has 2 aromatic rings. The topological polar surface area (TPSA) is 76.2 Å². The lowest BCUT2D eigenvalue weighted by Crippen LogP contribution is -2.48. The van der Waals surface area contributed by atoms with E-state index in [0.29, 0.717) is 17.2 Å². The van der Waals surface area contributed by atoms with Crippen LogP contribution < -0.4 is 19.3 Å². The summed E-state index contributed by atoms with van der Waals surface area (Å²) in [4.78, 5) is 42.9. The van der Waals surface area contributed by atoms with Crippen molar-refractivity contribution >= 4 is 35.0 Å². The van der Waals surface area contributed by atoms with Gasteiger partial charge in [0, 0.05) is 11.3 Å². The average Bonchev–Trinajstić information content (AvgIpc) is 3.26. The first-order valence-electron chi connectivity index (χ1n) is 10.1. The first kappa shape index (κ1) is 19.4. The van der Waals surface area contributed by atoms with Gasteiger partial charge in [0.25, 0.3) is 0 Å². The summed E-state index contributed by atoms with van der Waals surface area (Å²) in [6.07, 6.45) is 3.86. The number of amides is 2. The van der Waals surface area contributed by atoms with Gasteiger partial charge in [-0.25, -0.2) is 4.90 Å². The fraction of sp³-hybridized carbons (Fsp3) is 0.292. The Morgan fingerprint density at radius 3 is 2.19 bits per heavy atom. The molecule has 31 heavy (non-hydrogen) atoms. The molecule has 2 amide bonds. The van der Waals surface area contributed by atoms with Gasteiger partial charge in [-0.2, -0.15) is 0 Å². The summed E-state index contributed by atoms with van der Waals surface area (Å²) in [7, 11) is 3.15. The molecule has 0 unspecified atom stereocenters. The van der Waals surface area contributed by atoms with E-state index in [-0.39, 0.29) is 23.6 Å². The van der Waals surface area contributed by atoms with Crippen molar-refractivity contribution in [3.05, 3.63) is 54.1 Å². The second-order valence-corrected chi connectivity index (χ2v) is 8.00. The molecule has 7 nitrogen and oxygen atoms in total. The molecule has 3 aliphatic heterocycles. The second kappa shape index (κ2) is 6.97. The van der Waals surface area contributed by atoms with E-state index in [1.807, 2.05) is 35.3 Å². The van der Waals surface area contributed by atoms with Gasteiger partial charge in [-0.05, 0) is 49.4 Å². The first-order valence-corrected chi connectivity index (χ1v) is 10.1. The van der Waals surface area contributed by atoms with Crippen LogP contribution in [-0.4, -0.2) is 43.9 Å². The molecule has 0 aliphatic carbocycles. The summed E-state index contributed by atoms with van der Waals surface area (Å²) in [5.74, 6) is -0.743. The quantitative estimate of drug-likeness (QED) is 0.711. The lowest BCUT2D eigenvalue weighted by Gasteiger charge is -2.36. The number of ether oxygens (including phenoxy) is 2. The molecule has 3 aliphatic rings. The first-order chi connectivity index (χ1) is 15.0. The molecule has 0 aromatic heterocycles. The zero-order chi connectivity index (χ0) is 21.9. The van der Waals surface area contributed by atoms with Crippen molar-refractivity contribution < 1.29 is 23.9 Å². The molecule has 2 saturated heterocycles. The van der Waals surface area contributed by atoms with E-state index in [1.165, 1.54) is 11.8 Å². The fourth-order valence-electron chi connectivity index (χ4n) is 5.12. The van der Waals surface area contributed by atoms with Crippen molar-refractivity contribution in [2.45, 2.75) is 19.0 Å². The minimum atomic E-state index is -0.727. The number of imide groups is 1. The number of ketones is 1. The molecular weight excluding hydrogens is 396 g/mol. The Balaban J connectivity index is 1.58. The maximum Gasteiger partial charge on any atom is 0.240 e. The number of hydrogen-bond donors (Lipinski definition) is 0. The maximum atomic E-state index is 13.5. The lowest BCUT2D eigenvalue weighted by atomic mass is 9.88. The standard InChI is InChI=1S/C24H22N2O5/c1-13(27)22-21-20(19-10-4-14-12-17(31-3)9-11-18(14)26(19)22)23(28)25(24(21)29)15-5-7-16(30-2)8-6-15/h4-12,19-22H,1-3H3/t19-,20-,21+,22+/m1/s1. The zero-order valence-corrected chi connectivity index (χ0v) is 17.4. The van der Waals surface area contributed by atoms with Gasteiger partial charge >= 0.3 is 0 Å². The van der Waals surface area contributed by atoms with Gasteiger partial charge in [-0.3, -0.25) is 14.4 Å². The van der Waals surface area contributed by atoms with E-state index in [2.05, 4.69) is 0 Å². The number of fused-ring (bicyclic) bond motifs is 5. The molecule has 7 heteroatoms. The van der Waals surface area contributed by atoms with Gasteiger partial charge in [0.1, 0.15) is 17.5 Å². The highest BCUT2D eigenvalue weighted by molar-refractivity contribution is 6.24. The molecule has 0 N–H and O–H groups in total. The number of rotatable bonds is 4. The van der Waals surface area contributed by atoms with Crippen molar-refractivity contribution in [1.29, 1.82) is 0 Å². The van der Waals surface area contributed by atoms with E-state index >= 15 is 0 Å². The van der Waals surface area contributed by atoms with Crippen LogP contribution >= 0.6 is 0 Å². The average molecular weight is 418 g/mol. The number of benzene rings is 2. The SMILES string of the molecule is COc1ccc(N2C(=O)[C@H]3[C@H](C2=O)[C@H](C(C)=O)N2c4ccc(OC)cc4C=C[C@H]32)cc1. The van der Waals surface area contributed by atoms with E-state index in [0.717, 1.165) is 11.3 Å². The fourth-order valence-corrected chi connectivity index (χ4v) is 5.12. The monoisotopic (exact) mass is 418 g/mol. The van der Waals surface area contributed by atoms with Gasteiger partial charge in [0.15, 0.2) is 5.78 Å². The van der Waals surface area contributed by atoms with Crippen LogP contribution in [0.1, 0.15) is 12.5 Å². The Kier molecular flexibility index (Phi) is 4.36. The lowest BCUT2D eigenvalue weighted by molar-refractivity contribution is -0.126. The third-order valence-electron chi connectivity index (χ3n) is 6.46. The summed E-state index contributed by atoms with van der Waals surface area (Å²) >= 11 is 0. The summed E-state index contributed by atoms with van der Waals surface area (Å²) in [5.41, 5.74) is 2.22. The minimum Gasteiger partial charge on any atom is -0.497 e. The van der Waals surface area contributed by atoms with Gasteiger partial charge in [-0.15, -0.1) is 0 Å². The summed E-state index contributed by atoms with van der Waals surface area (Å²) in [6, 6.07) is 11.3. The van der Waals surface area contributed by atoms with Crippen LogP contribution in [0.2, 0.25) is 0 Å². The normalized spacial score (nSPS) is 25.9. The summed E-state index contributed by atoms with van der Waals surface area (Å²) in [6.45, 7) is 1.49. The van der Waals surface area contributed by atoms with E-state index in [9.17, 15) is 14.4 Å². The number of nitrogens with zero attached hydrogens (tertiary/aromatic N) is 2. The van der Waals surface area contributed by atoms with Crippen LogP contribution in [0.4, 0.5) is 11.4 Å². The minimum absolute atomic E-state index is 0.132. The number of anilines is 2. The van der Waals surface area contributed by atoms with Crippen LogP contribution in [0.3, 0.4) is 0 Å². The highest BCUT2D eigenvalue weighted by atomic mass is 16.5. The van der Waals surface area contributed by atoms with Crippen LogP contribution in [0.5, 0.6) is 11.5 Å². The van der Waals surface area contributed by atoms with Crippen LogP contribution in [0, 0.1) is 11.8 Å². The largest absolute Gasteiger partial charge is 0.497 e. The third kappa shape index (κ3) is 2.69. The zero-order valence-electron chi connectivity index (χ0n) is 17.4. The molecule has 0 bridgehead atoms. The molecule has 5 rings (SSSR count). The molecule has 0 saturated carbocycles. The van der Waals surface area contributed by atoms with Crippen molar-refractivity contribution in [1.82, 2.24) is 0 Å². The van der Waals surface area contributed by atoms with Gasteiger partial charge in [0.05, 0.1) is 37.8 Å². The Hall–Kier alpha value is -3.61. The van der Waals surface area contributed by atoms with Crippen molar-refractivity contribution in [2.75, 3.05) is 24.0 Å². The molecule has 3 heterocycles. The third-order valence-corrected chi connectivity index (χ3v) is 6.46. The molecule has 158 valence electrons. The van der Waals surface area contributed by atoms with Gasteiger partial charge < -0.3 is 14.4 Å². The van der Waals surface area contributed by atoms with E-state index in [4.69, 9.17) is 9.47 Å². The van der Waals surface area contributed by atoms with Gasteiger partial charge in [0.2, 0.25) is 11.8 Å². The molecular formula is C24H22N2O5. The van der Waals surface area contributed by atoms with Gasteiger partial charge in [-0.1, -0.05) is 12.2 Å². The highest BCUT2D eigenvalue weighted by Crippen LogP contribution is 2.49. The second-order valence-electron chi connectivity index (χ2n) is 8.00. The molecule has 4 atom stereocenters. The predicted octanol–water partition coefficient (Wildman–Crippen LogP) is 2.68. The predicted molar refractivity (Wildman–Crippen MR) is 115 cm³/mol. The van der Waals surface area contributed by atoms with Crippen molar-refractivity contribution in [3.8, 4) is 11.5 Å². The highest BCUT2D eigenvalue weighted by Gasteiger charge is 2.63. The Bertz CT molecular complexity index is 1120. The van der Waals surface area contributed by atoms with Crippen LogP contribution in [-0.2, 0) is 14.4 Å². The van der Waals surface area contributed by atoms with Crippen molar-refractivity contribution in [3.63, 3.8) is 0 Å². The molecule has 2 fully saturated rings. The van der Waals surface area contributed by atoms with Crippen LogP contribution in [0.25, 0.3) is 6.08 Å². The summed E-state index contributed by atoms with van der Waals surface area (Å²) in [5, 5.41) is 0. The number of carbonyl (C=O) groups excluding carboxylic acids is 3. The van der Waals surface area contributed by atoms with Crippen LogP contribution in [0.15, 0.2) is 48.5 Å². The molecule has 0 spiro atoms. The Morgan fingerprint density at radius 2 is 1.55 bits per heavy atom. The number of carbonyl (C=O) groups is 3. The Labute approximate surface area is 179 Å². The smallest absolute Gasteiger partial charge is 0.240 e. The maximum absolute atomic E-state index is 13.5. The molecule has 2 aromatic carbocycles. The number of Topliss-reactive ketones (excluding diaryl/α,β-unsaturated/α-hetero) is 1. The summed E-state index contributed by atoms with van der Waals surface area (Å²) < 4.78 is 10.5.